The average Bonchev–Trinajstić information content (AvgIpc) is 3.29. The molecule has 0 radical (unpaired) electrons. The minimum atomic E-state index is -0.574. The summed E-state index contributed by atoms with van der Waals surface area (Å²) < 4.78 is 5.34. The molecule has 32 heavy (non-hydrogen) atoms. The predicted octanol–water partition coefficient (Wildman–Crippen LogP) is 4.35. The molecule has 2 aromatic carbocycles. The van der Waals surface area contributed by atoms with Crippen LogP contribution < -0.4 is 20.7 Å². The number of nitro benzene ring substituents is 1. The first-order valence-electron chi connectivity index (χ1n) is 9.19. The molecule has 0 aliphatic carbocycles. The van der Waals surface area contributed by atoms with Gasteiger partial charge in [0.1, 0.15) is 5.75 Å². The summed E-state index contributed by atoms with van der Waals surface area (Å²) in [6, 6.07) is 12.7. The molecule has 1 heterocycles. The zero-order valence-electron chi connectivity index (χ0n) is 17.0. The first-order valence-corrected chi connectivity index (χ1v) is 10.5. The second-order valence-corrected chi connectivity index (χ2v) is 7.82. The zero-order valence-corrected chi connectivity index (χ0v) is 18.6. The van der Waals surface area contributed by atoms with Crippen molar-refractivity contribution in [3.8, 4) is 5.75 Å². The van der Waals surface area contributed by atoms with Gasteiger partial charge in [0.15, 0.2) is 5.11 Å². The van der Waals surface area contributed by atoms with Crippen LogP contribution in [0.1, 0.15) is 25.6 Å². The fourth-order valence-electron chi connectivity index (χ4n) is 2.86. The van der Waals surface area contributed by atoms with Gasteiger partial charge in [0, 0.05) is 28.9 Å². The molecule has 0 aliphatic heterocycles. The number of nitrogens with zero attached hydrogens (tertiary/aromatic N) is 1. The van der Waals surface area contributed by atoms with Crippen molar-refractivity contribution < 1.29 is 19.2 Å². The maximum Gasteiger partial charge on any atom is 0.273 e. The van der Waals surface area contributed by atoms with Crippen LogP contribution >= 0.6 is 23.6 Å². The number of hydrogen-bond donors (Lipinski definition) is 3. The lowest BCUT2D eigenvalue weighted by molar-refractivity contribution is -0.385. The van der Waals surface area contributed by atoms with Crippen LogP contribution in [0.3, 0.4) is 0 Å². The molecule has 3 rings (SSSR count). The van der Waals surface area contributed by atoms with Gasteiger partial charge in [-0.1, -0.05) is 12.1 Å². The van der Waals surface area contributed by atoms with E-state index in [2.05, 4.69) is 16.0 Å². The topological polar surface area (TPSA) is 123 Å². The molecule has 9 nitrogen and oxygen atoms in total. The van der Waals surface area contributed by atoms with Crippen molar-refractivity contribution in [2.45, 2.75) is 6.92 Å². The number of thiocarbonyl (C=S) groups is 1. The van der Waals surface area contributed by atoms with Gasteiger partial charge in [-0.15, -0.1) is 11.3 Å². The molecule has 164 valence electrons. The quantitative estimate of drug-likeness (QED) is 0.278. The van der Waals surface area contributed by atoms with Crippen LogP contribution in [-0.2, 0) is 0 Å². The maximum atomic E-state index is 12.5. The van der Waals surface area contributed by atoms with Gasteiger partial charge in [-0.25, -0.2) is 0 Å². The molecule has 11 heteroatoms. The van der Waals surface area contributed by atoms with Crippen LogP contribution in [0.5, 0.6) is 5.75 Å². The molecule has 0 fully saturated rings. The molecule has 1 aromatic heterocycles. The highest BCUT2D eigenvalue weighted by Gasteiger charge is 2.19. The molecular formula is C21H18N4O5S2. The van der Waals surface area contributed by atoms with E-state index in [1.54, 1.807) is 30.3 Å². The lowest BCUT2D eigenvalue weighted by atomic mass is 10.1. The first kappa shape index (κ1) is 22.8. The summed E-state index contributed by atoms with van der Waals surface area (Å²) in [5.41, 5.74) is 1.22. The van der Waals surface area contributed by atoms with Crippen molar-refractivity contribution in [3.05, 3.63) is 80.0 Å². The highest BCUT2D eigenvalue weighted by molar-refractivity contribution is 7.80. The Labute approximate surface area is 192 Å². The smallest absolute Gasteiger partial charge is 0.273 e. The van der Waals surface area contributed by atoms with Crippen LogP contribution in [0, 0.1) is 17.0 Å². The third-order valence-electron chi connectivity index (χ3n) is 4.43. The van der Waals surface area contributed by atoms with Gasteiger partial charge in [-0.2, -0.15) is 0 Å². The average molecular weight is 471 g/mol. The molecule has 0 atom stereocenters. The van der Waals surface area contributed by atoms with E-state index in [0.717, 1.165) is 0 Å². The molecule has 0 saturated carbocycles. The summed E-state index contributed by atoms with van der Waals surface area (Å²) in [6.45, 7) is 1.50. The van der Waals surface area contributed by atoms with Crippen LogP contribution in [0.15, 0.2) is 53.9 Å². The summed E-state index contributed by atoms with van der Waals surface area (Å²) in [7, 11) is 1.46. The van der Waals surface area contributed by atoms with Gasteiger partial charge >= 0.3 is 0 Å². The molecule has 0 saturated heterocycles. The van der Waals surface area contributed by atoms with Crippen LogP contribution in [0.4, 0.5) is 17.1 Å². The Hall–Kier alpha value is -3.83. The Morgan fingerprint density at radius 3 is 2.53 bits per heavy atom. The number of thiophene rings is 1. The number of methoxy groups -OCH3 is 1. The first-order chi connectivity index (χ1) is 15.3. The molecule has 0 spiro atoms. The van der Waals surface area contributed by atoms with E-state index in [-0.39, 0.29) is 27.8 Å². The van der Waals surface area contributed by atoms with Crippen LogP contribution in [0.25, 0.3) is 0 Å². The van der Waals surface area contributed by atoms with Crippen LogP contribution in [0.2, 0.25) is 0 Å². The van der Waals surface area contributed by atoms with Gasteiger partial charge in [0.05, 0.1) is 22.6 Å². The highest BCUT2D eigenvalue weighted by Crippen LogP contribution is 2.29. The Balaban J connectivity index is 1.69. The number of carbonyl (C=O) groups excluding carboxylic acids is 2. The number of anilines is 2. The number of nitrogens with one attached hydrogen (secondary N) is 3. The van der Waals surface area contributed by atoms with Gasteiger partial charge < -0.3 is 15.4 Å². The SMILES string of the molecule is COc1cc(NC(=S)NC(=O)c2cccc([N+](=O)[O-])c2C)ccc1NC(=O)c1cccs1. The van der Waals surface area contributed by atoms with E-state index in [4.69, 9.17) is 17.0 Å². The van der Waals surface area contributed by atoms with Crippen molar-refractivity contribution >= 4 is 57.5 Å². The number of rotatable bonds is 6. The second-order valence-electron chi connectivity index (χ2n) is 6.46. The van der Waals surface area contributed by atoms with Gasteiger partial charge in [0.2, 0.25) is 0 Å². The van der Waals surface area contributed by atoms with Crippen molar-refractivity contribution in [1.82, 2.24) is 5.32 Å². The minimum Gasteiger partial charge on any atom is -0.494 e. The number of nitro groups is 1. The Morgan fingerprint density at radius 2 is 1.88 bits per heavy atom. The minimum absolute atomic E-state index is 0.00155. The Kier molecular flexibility index (Phi) is 7.13. The van der Waals surface area contributed by atoms with E-state index < -0.39 is 10.8 Å². The Bertz CT molecular complexity index is 1190. The monoisotopic (exact) mass is 470 g/mol. The number of carbonyl (C=O) groups is 2. The second kappa shape index (κ2) is 9.98. The summed E-state index contributed by atoms with van der Waals surface area (Å²) in [4.78, 5) is 35.9. The molecular weight excluding hydrogens is 452 g/mol. The van der Waals surface area contributed by atoms with E-state index in [1.807, 2.05) is 5.38 Å². The number of hydrogen-bond acceptors (Lipinski definition) is 7. The largest absolute Gasteiger partial charge is 0.494 e. The van der Waals surface area contributed by atoms with Gasteiger partial charge in [-0.3, -0.25) is 25.0 Å². The number of amides is 2. The van der Waals surface area contributed by atoms with Crippen LogP contribution in [-0.4, -0.2) is 29.0 Å². The third kappa shape index (κ3) is 5.25. The Morgan fingerprint density at radius 1 is 1.09 bits per heavy atom. The molecule has 0 unspecified atom stereocenters. The number of benzene rings is 2. The van der Waals surface area contributed by atoms with E-state index >= 15 is 0 Å². The number of ether oxygens (including phenoxy) is 1. The molecule has 2 amide bonds. The van der Waals surface area contributed by atoms with Crippen molar-refractivity contribution in [2.24, 2.45) is 0 Å². The fourth-order valence-corrected chi connectivity index (χ4v) is 3.69. The zero-order chi connectivity index (χ0) is 23.3. The fraction of sp³-hybridized carbons (Fsp3) is 0.0952. The third-order valence-corrected chi connectivity index (χ3v) is 5.50. The van der Waals surface area contributed by atoms with Crippen molar-refractivity contribution in [3.63, 3.8) is 0 Å². The maximum absolute atomic E-state index is 12.5. The lowest BCUT2D eigenvalue weighted by Crippen LogP contribution is -2.34. The summed E-state index contributed by atoms with van der Waals surface area (Å²) >= 11 is 6.51. The van der Waals surface area contributed by atoms with Crippen molar-refractivity contribution in [1.29, 1.82) is 0 Å². The molecule has 0 bridgehead atoms. The van der Waals surface area contributed by atoms with E-state index in [1.165, 1.54) is 43.6 Å². The molecule has 3 aromatic rings. The highest BCUT2D eigenvalue weighted by atomic mass is 32.1. The van der Waals surface area contributed by atoms with Gasteiger partial charge in [-0.05, 0) is 48.8 Å². The normalized spacial score (nSPS) is 10.2. The molecule has 0 aliphatic rings. The molecule has 3 N–H and O–H groups in total. The summed E-state index contributed by atoms with van der Waals surface area (Å²) in [5.74, 6) is -0.437. The predicted molar refractivity (Wildman–Crippen MR) is 127 cm³/mol. The summed E-state index contributed by atoms with van der Waals surface area (Å²) in [5, 5.41) is 21.0. The van der Waals surface area contributed by atoms with Gasteiger partial charge in [0.25, 0.3) is 17.5 Å². The van der Waals surface area contributed by atoms with Crippen molar-refractivity contribution in [2.75, 3.05) is 17.7 Å². The van der Waals surface area contributed by atoms with E-state index in [9.17, 15) is 19.7 Å². The standard InChI is InChI=1S/C21H18N4O5S2/c1-12-14(5-3-6-16(12)25(28)29)19(26)24-21(31)22-13-8-9-15(17(11-13)30-2)23-20(27)18-7-4-10-32-18/h3-11H,1-2H3,(H,23,27)(H2,22,24,26,31). The van der Waals surface area contributed by atoms with E-state index in [0.29, 0.717) is 22.0 Å². The lowest BCUT2D eigenvalue weighted by Gasteiger charge is -2.14. The summed E-state index contributed by atoms with van der Waals surface area (Å²) in [6.07, 6.45) is 0.